The Kier molecular flexibility index (Phi) is 8.38. The number of nitrogens with zero attached hydrogens (tertiary/aromatic N) is 3. The van der Waals surface area contributed by atoms with E-state index < -0.39 is 5.82 Å². The van der Waals surface area contributed by atoms with E-state index in [1.807, 2.05) is 30.3 Å². The normalized spacial score (nSPS) is 13.8. The zero-order valence-corrected chi connectivity index (χ0v) is 21.7. The zero-order valence-electron chi connectivity index (χ0n) is 20.2. The molecule has 1 fully saturated rings. The molecule has 2 N–H and O–H groups in total. The second-order valence-electron chi connectivity index (χ2n) is 8.86. The highest BCUT2D eigenvalue weighted by Gasteiger charge is 2.17. The molecule has 0 atom stereocenters. The first-order valence-corrected chi connectivity index (χ1v) is 13.6. The van der Waals surface area contributed by atoms with Crippen molar-refractivity contribution in [2.24, 2.45) is 0 Å². The first-order chi connectivity index (χ1) is 18.2. The SMILES string of the molecule is Fc1cc(NSCc2ccccc2)c(Cl)cc1Oc1ccncc1-c1ccnc(NC2CCCCC2)n1. The standard InChI is InChI=1S/C28H27ClFN5OS/c29-22-15-27(23(30)16-25(22)35-37-18-19-7-3-1-4-8-19)36-26-12-13-31-17-21(26)24-11-14-32-28(34-24)33-20-9-5-2-6-10-20/h1,3-4,7-8,11-17,20,35H,2,5-6,9-10,18H2,(H,32,33,34). The Balaban J connectivity index is 1.30. The van der Waals surface area contributed by atoms with Crippen LogP contribution in [0.2, 0.25) is 5.02 Å². The van der Waals surface area contributed by atoms with Crippen molar-refractivity contribution < 1.29 is 9.13 Å². The van der Waals surface area contributed by atoms with Crippen LogP contribution in [0.3, 0.4) is 0 Å². The second kappa shape index (κ2) is 12.3. The minimum absolute atomic E-state index is 0.0191. The molecule has 37 heavy (non-hydrogen) atoms. The van der Waals surface area contributed by atoms with E-state index >= 15 is 4.39 Å². The molecule has 2 aromatic carbocycles. The number of benzene rings is 2. The fourth-order valence-electron chi connectivity index (χ4n) is 4.25. The Morgan fingerprint density at radius 2 is 1.84 bits per heavy atom. The smallest absolute Gasteiger partial charge is 0.223 e. The summed E-state index contributed by atoms with van der Waals surface area (Å²) >= 11 is 7.89. The van der Waals surface area contributed by atoms with Crippen LogP contribution in [0, 0.1) is 5.82 Å². The summed E-state index contributed by atoms with van der Waals surface area (Å²) in [5.41, 5.74) is 2.91. The summed E-state index contributed by atoms with van der Waals surface area (Å²) in [4.78, 5) is 13.3. The molecule has 0 radical (unpaired) electrons. The lowest BCUT2D eigenvalue weighted by atomic mass is 9.96. The van der Waals surface area contributed by atoms with E-state index in [9.17, 15) is 0 Å². The lowest BCUT2D eigenvalue weighted by Crippen LogP contribution is -2.23. The number of nitrogens with one attached hydrogen (secondary N) is 2. The van der Waals surface area contributed by atoms with Gasteiger partial charge in [0, 0.05) is 42.5 Å². The van der Waals surface area contributed by atoms with Gasteiger partial charge in [-0.05, 0) is 42.5 Å². The highest BCUT2D eigenvalue weighted by molar-refractivity contribution is 7.99. The molecule has 5 rings (SSSR count). The number of anilines is 2. The van der Waals surface area contributed by atoms with Gasteiger partial charge in [-0.3, -0.25) is 4.98 Å². The van der Waals surface area contributed by atoms with Gasteiger partial charge in [-0.15, -0.1) is 0 Å². The van der Waals surface area contributed by atoms with Crippen molar-refractivity contribution in [2.45, 2.75) is 43.9 Å². The van der Waals surface area contributed by atoms with Crippen molar-refractivity contribution in [1.82, 2.24) is 15.0 Å². The lowest BCUT2D eigenvalue weighted by Gasteiger charge is -2.22. The van der Waals surface area contributed by atoms with Crippen molar-refractivity contribution in [3.05, 3.63) is 89.6 Å². The van der Waals surface area contributed by atoms with Gasteiger partial charge in [0.2, 0.25) is 5.95 Å². The minimum Gasteiger partial charge on any atom is -0.453 e. The van der Waals surface area contributed by atoms with E-state index in [2.05, 4.69) is 25.0 Å². The Morgan fingerprint density at radius 3 is 2.68 bits per heavy atom. The summed E-state index contributed by atoms with van der Waals surface area (Å²) in [6, 6.07) is 16.7. The van der Waals surface area contributed by atoms with Crippen molar-refractivity contribution in [1.29, 1.82) is 0 Å². The number of rotatable bonds is 9. The molecule has 0 aliphatic heterocycles. The van der Waals surface area contributed by atoms with Gasteiger partial charge in [0.15, 0.2) is 11.6 Å². The Bertz CT molecular complexity index is 1340. The maximum Gasteiger partial charge on any atom is 0.223 e. The van der Waals surface area contributed by atoms with Gasteiger partial charge >= 0.3 is 0 Å². The Morgan fingerprint density at radius 1 is 1.00 bits per heavy atom. The lowest BCUT2D eigenvalue weighted by molar-refractivity contribution is 0.443. The fraction of sp³-hybridized carbons (Fsp3) is 0.250. The van der Waals surface area contributed by atoms with Gasteiger partial charge in [0.05, 0.1) is 22.0 Å². The van der Waals surface area contributed by atoms with E-state index in [4.69, 9.17) is 16.3 Å². The maximum absolute atomic E-state index is 15.0. The number of ether oxygens (including phenoxy) is 1. The molecule has 0 amide bonds. The van der Waals surface area contributed by atoms with Crippen LogP contribution in [0.4, 0.5) is 16.0 Å². The maximum atomic E-state index is 15.0. The predicted octanol–water partition coefficient (Wildman–Crippen LogP) is 8.13. The van der Waals surface area contributed by atoms with E-state index in [0.717, 1.165) is 18.4 Å². The van der Waals surface area contributed by atoms with Gasteiger partial charge in [-0.25, -0.2) is 14.4 Å². The molecule has 6 nitrogen and oxygen atoms in total. The topological polar surface area (TPSA) is 72.0 Å². The largest absolute Gasteiger partial charge is 0.453 e. The molecule has 1 aliphatic rings. The number of hydrogen-bond acceptors (Lipinski definition) is 7. The molecule has 2 aromatic heterocycles. The predicted molar refractivity (Wildman–Crippen MR) is 149 cm³/mol. The molecule has 0 unspecified atom stereocenters. The van der Waals surface area contributed by atoms with E-state index in [-0.39, 0.29) is 5.75 Å². The molecular formula is C28H27ClFN5OS. The first kappa shape index (κ1) is 25.3. The number of pyridine rings is 1. The number of hydrogen-bond donors (Lipinski definition) is 2. The van der Waals surface area contributed by atoms with Crippen LogP contribution in [-0.2, 0) is 5.75 Å². The van der Waals surface area contributed by atoms with E-state index in [1.165, 1.54) is 43.3 Å². The van der Waals surface area contributed by atoms with Crippen LogP contribution in [0.1, 0.15) is 37.7 Å². The molecular weight excluding hydrogens is 509 g/mol. The van der Waals surface area contributed by atoms with Crippen molar-refractivity contribution >= 4 is 35.2 Å². The Hall–Kier alpha value is -3.36. The fourth-order valence-corrected chi connectivity index (χ4v) is 5.26. The molecule has 9 heteroatoms. The summed E-state index contributed by atoms with van der Waals surface area (Å²) in [6.07, 6.45) is 10.9. The van der Waals surface area contributed by atoms with Crippen LogP contribution in [0.25, 0.3) is 11.3 Å². The van der Waals surface area contributed by atoms with Crippen molar-refractivity contribution in [2.75, 3.05) is 10.0 Å². The molecule has 4 aromatic rings. The van der Waals surface area contributed by atoms with Crippen LogP contribution < -0.4 is 14.8 Å². The van der Waals surface area contributed by atoms with Crippen molar-refractivity contribution in [3.8, 4) is 22.8 Å². The van der Waals surface area contributed by atoms with E-state index in [1.54, 1.807) is 30.7 Å². The summed E-state index contributed by atoms with van der Waals surface area (Å²) in [5.74, 6) is 1.19. The monoisotopic (exact) mass is 535 g/mol. The van der Waals surface area contributed by atoms with Gasteiger partial charge < -0.3 is 14.8 Å². The quantitative estimate of drug-likeness (QED) is 0.210. The summed E-state index contributed by atoms with van der Waals surface area (Å²) < 4.78 is 24.1. The molecule has 0 bridgehead atoms. The molecule has 0 saturated heterocycles. The second-order valence-corrected chi connectivity index (χ2v) is 10.0. The molecule has 1 aliphatic carbocycles. The molecule has 0 spiro atoms. The van der Waals surface area contributed by atoms with E-state index in [0.29, 0.717) is 45.5 Å². The highest BCUT2D eigenvalue weighted by Crippen LogP contribution is 2.37. The molecule has 1 saturated carbocycles. The first-order valence-electron chi connectivity index (χ1n) is 12.3. The average Bonchev–Trinajstić information content (AvgIpc) is 2.93. The van der Waals surface area contributed by atoms with Gasteiger partial charge in [-0.2, -0.15) is 0 Å². The van der Waals surface area contributed by atoms with Crippen molar-refractivity contribution in [3.63, 3.8) is 0 Å². The number of aromatic nitrogens is 3. The third-order valence-electron chi connectivity index (χ3n) is 6.16. The minimum atomic E-state index is -0.530. The highest BCUT2D eigenvalue weighted by atomic mass is 35.5. The van der Waals surface area contributed by atoms with Crippen LogP contribution in [0.5, 0.6) is 11.5 Å². The Labute approximate surface area is 225 Å². The van der Waals surface area contributed by atoms with Crippen LogP contribution in [-0.4, -0.2) is 21.0 Å². The molecule has 190 valence electrons. The van der Waals surface area contributed by atoms with Gasteiger partial charge in [-0.1, -0.05) is 61.2 Å². The third-order valence-corrected chi connectivity index (χ3v) is 7.31. The molecule has 2 heterocycles. The van der Waals surface area contributed by atoms with Crippen LogP contribution >= 0.6 is 23.5 Å². The van der Waals surface area contributed by atoms with Crippen LogP contribution in [0.15, 0.2) is 73.2 Å². The summed E-state index contributed by atoms with van der Waals surface area (Å²) in [6.45, 7) is 0. The number of halogens is 2. The third kappa shape index (κ3) is 6.70. The summed E-state index contributed by atoms with van der Waals surface area (Å²) in [5, 5.41) is 3.80. The average molecular weight is 536 g/mol. The zero-order chi connectivity index (χ0) is 25.5. The van der Waals surface area contributed by atoms with Gasteiger partial charge in [0.1, 0.15) is 5.75 Å². The summed E-state index contributed by atoms with van der Waals surface area (Å²) in [7, 11) is 0. The van der Waals surface area contributed by atoms with Gasteiger partial charge in [0.25, 0.3) is 0 Å².